The summed E-state index contributed by atoms with van der Waals surface area (Å²) in [6.45, 7) is 0.480. The van der Waals surface area contributed by atoms with Gasteiger partial charge in [-0.2, -0.15) is 0 Å². The first kappa shape index (κ1) is 17.2. The van der Waals surface area contributed by atoms with E-state index in [4.69, 9.17) is 16.0 Å². The lowest BCUT2D eigenvalue weighted by Crippen LogP contribution is -2.15. The number of pyridine rings is 1. The number of carbonyl (C=O) groups excluding carboxylic acids is 1. The Bertz CT molecular complexity index is 1180. The van der Waals surface area contributed by atoms with Crippen molar-refractivity contribution < 1.29 is 9.21 Å². The molecule has 0 aliphatic heterocycles. The van der Waals surface area contributed by atoms with Gasteiger partial charge in [-0.3, -0.25) is 14.3 Å². The lowest BCUT2D eigenvalue weighted by Gasteiger charge is -2.05. The smallest absolute Gasteiger partial charge is 0.408 e. The number of carbonyl (C=O) groups is 1. The van der Waals surface area contributed by atoms with E-state index in [2.05, 4.69) is 4.98 Å². The number of rotatable bonds is 5. The molecular weight excluding hydrogens is 364 g/mol. The second kappa shape index (κ2) is 7.21. The minimum Gasteiger partial charge on any atom is -0.408 e. The van der Waals surface area contributed by atoms with E-state index in [-0.39, 0.29) is 5.78 Å². The normalized spacial score (nSPS) is 11.0. The summed E-state index contributed by atoms with van der Waals surface area (Å²) in [7, 11) is 0. The van der Waals surface area contributed by atoms with Crippen LogP contribution in [0.4, 0.5) is 0 Å². The van der Waals surface area contributed by atoms with Gasteiger partial charge in [0, 0.05) is 30.1 Å². The molecule has 0 bridgehead atoms. The fraction of sp³-hybridized carbons (Fsp3) is 0.0952. The van der Waals surface area contributed by atoms with E-state index in [0.717, 1.165) is 5.56 Å². The molecule has 2 aromatic carbocycles. The van der Waals surface area contributed by atoms with Crippen molar-refractivity contribution in [3.05, 3.63) is 99.3 Å². The number of nitrogens with zero attached hydrogens (tertiary/aromatic N) is 2. The monoisotopic (exact) mass is 378 g/mol. The molecule has 27 heavy (non-hydrogen) atoms. The zero-order valence-corrected chi connectivity index (χ0v) is 15.0. The Morgan fingerprint density at radius 1 is 1.07 bits per heavy atom. The molecule has 0 atom stereocenters. The Morgan fingerprint density at radius 2 is 1.85 bits per heavy atom. The van der Waals surface area contributed by atoms with E-state index >= 15 is 0 Å². The Balaban J connectivity index is 1.65. The van der Waals surface area contributed by atoms with Gasteiger partial charge in [0.25, 0.3) is 0 Å². The molecule has 5 nitrogen and oxygen atoms in total. The Hall–Kier alpha value is -3.18. The summed E-state index contributed by atoms with van der Waals surface area (Å²) in [4.78, 5) is 28.9. The number of aryl methyl sites for hydroxylation is 2. The summed E-state index contributed by atoms with van der Waals surface area (Å²) in [6, 6.07) is 15.7. The zero-order valence-electron chi connectivity index (χ0n) is 14.3. The van der Waals surface area contributed by atoms with Crippen molar-refractivity contribution in [3.8, 4) is 0 Å². The number of hydrogen-bond acceptors (Lipinski definition) is 4. The third-order valence-corrected chi connectivity index (χ3v) is 4.75. The van der Waals surface area contributed by atoms with Gasteiger partial charge in [0.1, 0.15) is 0 Å². The summed E-state index contributed by atoms with van der Waals surface area (Å²) in [5.74, 6) is -0.656. The number of hydrogen-bond donors (Lipinski definition) is 0. The van der Waals surface area contributed by atoms with Crippen LogP contribution in [0.2, 0.25) is 5.02 Å². The number of fused-ring (bicyclic) bond motifs is 1. The molecule has 0 spiro atoms. The summed E-state index contributed by atoms with van der Waals surface area (Å²) in [5.41, 5.74) is 2.96. The lowest BCUT2D eigenvalue weighted by atomic mass is 10.0. The van der Waals surface area contributed by atoms with E-state index < -0.39 is 5.76 Å². The number of benzene rings is 2. The number of oxazole rings is 1. The molecular formula is C21H15ClN2O3. The summed E-state index contributed by atoms with van der Waals surface area (Å²) in [5, 5.41) is 0.388. The van der Waals surface area contributed by atoms with Gasteiger partial charge < -0.3 is 4.42 Å². The fourth-order valence-corrected chi connectivity index (χ4v) is 3.23. The van der Waals surface area contributed by atoms with Gasteiger partial charge in [-0.05, 0) is 54.4 Å². The van der Waals surface area contributed by atoms with Crippen LogP contribution in [0.25, 0.3) is 11.1 Å². The molecule has 134 valence electrons. The molecule has 0 amide bonds. The average molecular weight is 379 g/mol. The molecule has 0 unspecified atom stereocenters. The minimum atomic E-state index is -0.443. The van der Waals surface area contributed by atoms with Crippen LogP contribution in [0.1, 0.15) is 21.5 Å². The maximum Gasteiger partial charge on any atom is 0.419 e. The number of aromatic nitrogens is 2. The second-order valence-corrected chi connectivity index (χ2v) is 6.52. The molecule has 0 saturated heterocycles. The molecule has 0 aliphatic carbocycles. The molecule has 0 radical (unpaired) electrons. The molecule has 2 heterocycles. The van der Waals surface area contributed by atoms with Crippen LogP contribution in [0.15, 0.2) is 76.2 Å². The number of halogens is 1. The summed E-state index contributed by atoms with van der Waals surface area (Å²) in [6.07, 6.45) is 4.12. The van der Waals surface area contributed by atoms with Crippen LogP contribution >= 0.6 is 11.6 Å². The standard InChI is InChI=1S/C21H15ClN2O3/c22-17-4-2-1-3-16(17)20(25)15-5-6-18-19(13-15)27-21(26)24(18)12-9-14-7-10-23-11-8-14/h1-8,10-11,13H,9,12H2. The molecule has 6 heteroatoms. The van der Waals surface area contributed by atoms with Crippen molar-refractivity contribution in [2.24, 2.45) is 0 Å². The van der Waals surface area contributed by atoms with Crippen molar-refractivity contribution in [3.63, 3.8) is 0 Å². The molecule has 0 saturated carbocycles. The van der Waals surface area contributed by atoms with Crippen LogP contribution in [0, 0.1) is 0 Å². The number of ketones is 1. The van der Waals surface area contributed by atoms with Crippen LogP contribution in [-0.2, 0) is 13.0 Å². The fourth-order valence-electron chi connectivity index (χ4n) is 3.01. The van der Waals surface area contributed by atoms with Crippen molar-refractivity contribution >= 4 is 28.5 Å². The Kier molecular flexibility index (Phi) is 4.60. The predicted octanol–water partition coefficient (Wildman–Crippen LogP) is 4.12. The first-order valence-corrected chi connectivity index (χ1v) is 8.83. The van der Waals surface area contributed by atoms with Gasteiger partial charge in [-0.15, -0.1) is 0 Å². The van der Waals surface area contributed by atoms with Gasteiger partial charge >= 0.3 is 5.76 Å². The third-order valence-electron chi connectivity index (χ3n) is 4.42. The maximum absolute atomic E-state index is 12.7. The highest BCUT2D eigenvalue weighted by atomic mass is 35.5. The first-order chi connectivity index (χ1) is 13.1. The van der Waals surface area contributed by atoms with E-state index in [1.54, 1.807) is 59.4 Å². The Morgan fingerprint density at radius 3 is 2.63 bits per heavy atom. The molecule has 0 aliphatic rings. The minimum absolute atomic E-state index is 0.213. The average Bonchev–Trinajstić information content (AvgIpc) is 3.01. The van der Waals surface area contributed by atoms with E-state index in [1.165, 1.54) is 0 Å². The summed E-state index contributed by atoms with van der Waals surface area (Å²) < 4.78 is 6.92. The van der Waals surface area contributed by atoms with Gasteiger partial charge in [0.2, 0.25) is 0 Å². The van der Waals surface area contributed by atoms with Crippen molar-refractivity contribution in [2.75, 3.05) is 0 Å². The summed E-state index contributed by atoms with van der Waals surface area (Å²) >= 11 is 6.11. The van der Waals surface area contributed by atoms with Crippen LogP contribution < -0.4 is 5.76 Å². The highest BCUT2D eigenvalue weighted by Crippen LogP contribution is 2.22. The maximum atomic E-state index is 12.7. The molecule has 0 N–H and O–H groups in total. The largest absolute Gasteiger partial charge is 0.419 e. The van der Waals surface area contributed by atoms with Crippen molar-refractivity contribution in [1.29, 1.82) is 0 Å². The first-order valence-electron chi connectivity index (χ1n) is 8.45. The molecule has 0 fully saturated rings. The van der Waals surface area contributed by atoms with E-state index in [1.807, 2.05) is 12.1 Å². The quantitative estimate of drug-likeness (QED) is 0.490. The Labute approximate surface area is 159 Å². The van der Waals surface area contributed by atoms with Crippen molar-refractivity contribution in [2.45, 2.75) is 13.0 Å². The highest BCUT2D eigenvalue weighted by molar-refractivity contribution is 6.35. The molecule has 4 aromatic rings. The second-order valence-electron chi connectivity index (χ2n) is 6.12. The zero-order chi connectivity index (χ0) is 18.8. The van der Waals surface area contributed by atoms with Crippen LogP contribution in [0.3, 0.4) is 0 Å². The predicted molar refractivity (Wildman–Crippen MR) is 103 cm³/mol. The van der Waals surface area contributed by atoms with Gasteiger partial charge in [-0.25, -0.2) is 4.79 Å². The topological polar surface area (TPSA) is 65.1 Å². The van der Waals surface area contributed by atoms with Crippen molar-refractivity contribution in [1.82, 2.24) is 9.55 Å². The van der Waals surface area contributed by atoms with Crippen LogP contribution in [-0.4, -0.2) is 15.3 Å². The van der Waals surface area contributed by atoms with Crippen LogP contribution in [0.5, 0.6) is 0 Å². The van der Waals surface area contributed by atoms with Gasteiger partial charge in [0.05, 0.1) is 10.5 Å². The molecule has 2 aromatic heterocycles. The molecule has 4 rings (SSSR count). The highest BCUT2D eigenvalue weighted by Gasteiger charge is 2.16. The van der Waals surface area contributed by atoms with E-state index in [0.29, 0.717) is 40.2 Å². The van der Waals surface area contributed by atoms with E-state index in [9.17, 15) is 9.59 Å². The van der Waals surface area contributed by atoms with Gasteiger partial charge in [-0.1, -0.05) is 23.7 Å². The SMILES string of the molecule is O=C(c1ccc2c(c1)oc(=O)n2CCc1ccncc1)c1ccccc1Cl. The lowest BCUT2D eigenvalue weighted by molar-refractivity contribution is 0.103. The van der Waals surface area contributed by atoms with Gasteiger partial charge in [0.15, 0.2) is 11.4 Å². The third kappa shape index (κ3) is 3.41.